The molecule has 1 saturated carbocycles. The molecule has 1 heterocycles. The number of rotatable bonds is 1. The summed E-state index contributed by atoms with van der Waals surface area (Å²) in [6.07, 6.45) is 6.00. The van der Waals surface area contributed by atoms with Gasteiger partial charge in [-0.25, -0.2) is 0 Å². The van der Waals surface area contributed by atoms with Crippen molar-refractivity contribution in [2.75, 3.05) is 13.1 Å². The van der Waals surface area contributed by atoms with Crippen LogP contribution in [-0.2, 0) is 4.74 Å². The second kappa shape index (κ2) is 5.42. The van der Waals surface area contributed by atoms with E-state index >= 15 is 0 Å². The summed E-state index contributed by atoms with van der Waals surface area (Å²) in [6, 6.07) is 2.99. The molecule has 2 rings (SSSR count). The SMILES string of the molecule is CC1(C)CN(C2CCCCCC2C#N)CC(C)(C)O1. The summed E-state index contributed by atoms with van der Waals surface area (Å²) in [4.78, 5) is 2.53. The normalized spacial score (nSPS) is 35.3. The molecule has 2 fully saturated rings. The third kappa shape index (κ3) is 3.70. The Balaban J connectivity index is 2.16. The summed E-state index contributed by atoms with van der Waals surface area (Å²) < 4.78 is 6.16. The van der Waals surface area contributed by atoms with Crippen molar-refractivity contribution in [1.82, 2.24) is 4.90 Å². The van der Waals surface area contributed by atoms with Crippen LogP contribution in [0.4, 0.5) is 0 Å². The molecule has 0 amide bonds. The third-order valence-electron chi connectivity index (χ3n) is 4.33. The van der Waals surface area contributed by atoms with E-state index in [0.717, 1.165) is 19.5 Å². The van der Waals surface area contributed by atoms with E-state index in [1.807, 2.05) is 0 Å². The molecule has 3 nitrogen and oxygen atoms in total. The molecule has 1 saturated heterocycles. The number of nitrogens with zero attached hydrogens (tertiary/aromatic N) is 2. The lowest BCUT2D eigenvalue weighted by atomic mass is 9.90. The third-order valence-corrected chi connectivity index (χ3v) is 4.33. The van der Waals surface area contributed by atoms with Crippen LogP contribution in [0.25, 0.3) is 0 Å². The highest BCUT2D eigenvalue weighted by molar-refractivity contribution is 4.99. The Kier molecular flexibility index (Phi) is 4.23. The van der Waals surface area contributed by atoms with E-state index in [1.54, 1.807) is 0 Å². The highest BCUT2D eigenvalue weighted by Gasteiger charge is 2.42. The highest BCUT2D eigenvalue weighted by atomic mass is 16.5. The van der Waals surface area contributed by atoms with Crippen LogP contribution in [0.2, 0.25) is 0 Å². The minimum absolute atomic E-state index is 0.117. The largest absolute Gasteiger partial charge is 0.367 e. The monoisotopic (exact) mass is 264 g/mol. The second-order valence-electron chi connectivity index (χ2n) is 7.47. The maximum atomic E-state index is 9.47. The Labute approximate surface area is 117 Å². The van der Waals surface area contributed by atoms with E-state index in [9.17, 15) is 5.26 Å². The first kappa shape index (κ1) is 14.8. The van der Waals surface area contributed by atoms with Gasteiger partial charge in [-0.1, -0.05) is 19.3 Å². The van der Waals surface area contributed by atoms with Crippen molar-refractivity contribution in [2.45, 2.75) is 77.0 Å². The summed E-state index contributed by atoms with van der Waals surface area (Å²) in [5.74, 6) is 0.201. The van der Waals surface area contributed by atoms with Gasteiger partial charge in [0.15, 0.2) is 0 Å². The molecule has 0 radical (unpaired) electrons. The first-order valence-electron chi connectivity index (χ1n) is 7.67. The summed E-state index contributed by atoms with van der Waals surface area (Å²) in [6.45, 7) is 10.6. The molecule has 0 bridgehead atoms. The van der Waals surface area contributed by atoms with E-state index in [4.69, 9.17) is 4.74 Å². The van der Waals surface area contributed by atoms with Crippen LogP contribution < -0.4 is 0 Å². The fourth-order valence-corrected chi connectivity index (χ4v) is 3.96. The molecule has 0 aromatic carbocycles. The first-order valence-corrected chi connectivity index (χ1v) is 7.67. The quantitative estimate of drug-likeness (QED) is 0.681. The molecular formula is C16H28N2O. The molecule has 2 unspecified atom stereocenters. The summed E-state index contributed by atoms with van der Waals surface area (Å²) in [7, 11) is 0. The lowest BCUT2D eigenvalue weighted by molar-refractivity contribution is -0.190. The fourth-order valence-electron chi connectivity index (χ4n) is 3.96. The van der Waals surface area contributed by atoms with E-state index in [1.165, 1.54) is 25.7 Å². The van der Waals surface area contributed by atoms with Gasteiger partial charge in [-0.05, 0) is 40.5 Å². The number of hydrogen-bond acceptors (Lipinski definition) is 3. The molecular weight excluding hydrogens is 236 g/mol. The molecule has 108 valence electrons. The zero-order valence-electron chi connectivity index (χ0n) is 12.9. The maximum absolute atomic E-state index is 9.47. The van der Waals surface area contributed by atoms with Crippen LogP contribution in [0.15, 0.2) is 0 Å². The lowest BCUT2D eigenvalue weighted by Gasteiger charge is -2.50. The Bertz CT molecular complexity index is 340. The second-order valence-corrected chi connectivity index (χ2v) is 7.47. The lowest BCUT2D eigenvalue weighted by Crippen LogP contribution is -2.60. The van der Waals surface area contributed by atoms with Crippen molar-refractivity contribution < 1.29 is 4.74 Å². The molecule has 2 atom stereocenters. The smallest absolute Gasteiger partial charge is 0.0760 e. The summed E-state index contributed by atoms with van der Waals surface area (Å²) >= 11 is 0. The maximum Gasteiger partial charge on any atom is 0.0760 e. The van der Waals surface area contributed by atoms with Crippen LogP contribution >= 0.6 is 0 Å². The van der Waals surface area contributed by atoms with E-state index < -0.39 is 0 Å². The van der Waals surface area contributed by atoms with Gasteiger partial charge in [0.25, 0.3) is 0 Å². The minimum atomic E-state index is -0.117. The highest BCUT2D eigenvalue weighted by Crippen LogP contribution is 2.34. The Hall–Kier alpha value is -0.590. The van der Waals surface area contributed by atoms with Crippen molar-refractivity contribution in [3.05, 3.63) is 0 Å². The molecule has 0 aromatic heterocycles. The van der Waals surface area contributed by atoms with E-state index in [2.05, 4.69) is 38.7 Å². The van der Waals surface area contributed by atoms with Crippen molar-refractivity contribution in [1.29, 1.82) is 5.26 Å². The average Bonchev–Trinajstić information content (AvgIpc) is 2.49. The Morgan fingerprint density at radius 2 is 1.58 bits per heavy atom. The average molecular weight is 264 g/mol. The molecule has 0 N–H and O–H groups in total. The predicted octanol–water partition coefficient (Wildman–Crippen LogP) is 3.35. The Morgan fingerprint density at radius 3 is 2.16 bits per heavy atom. The minimum Gasteiger partial charge on any atom is -0.367 e. The van der Waals surface area contributed by atoms with Crippen molar-refractivity contribution in [2.24, 2.45) is 5.92 Å². The van der Waals surface area contributed by atoms with E-state index in [0.29, 0.717) is 6.04 Å². The van der Waals surface area contributed by atoms with Gasteiger partial charge in [-0.2, -0.15) is 5.26 Å². The molecule has 2 aliphatic rings. The molecule has 0 aromatic rings. The number of nitriles is 1. The zero-order valence-corrected chi connectivity index (χ0v) is 12.9. The van der Waals surface area contributed by atoms with Crippen LogP contribution in [0, 0.1) is 17.2 Å². The number of hydrogen-bond donors (Lipinski definition) is 0. The van der Waals surface area contributed by atoms with E-state index in [-0.39, 0.29) is 17.1 Å². The molecule has 0 spiro atoms. The van der Waals surface area contributed by atoms with Crippen LogP contribution in [-0.4, -0.2) is 35.2 Å². The molecule has 3 heteroatoms. The van der Waals surface area contributed by atoms with Crippen molar-refractivity contribution in [3.8, 4) is 6.07 Å². The van der Waals surface area contributed by atoms with Crippen LogP contribution in [0.3, 0.4) is 0 Å². The van der Waals surface area contributed by atoms with Gasteiger partial charge in [0.1, 0.15) is 0 Å². The van der Waals surface area contributed by atoms with Crippen LogP contribution in [0.1, 0.15) is 59.8 Å². The molecule has 19 heavy (non-hydrogen) atoms. The van der Waals surface area contributed by atoms with Gasteiger partial charge < -0.3 is 4.74 Å². The predicted molar refractivity (Wildman–Crippen MR) is 76.8 cm³/mol. The van der Waals surface area contributed by atoms with Gasteiger partial charge in [-0.3, -0.25) is 4.90 Å². The van der Waals surface area contributed by atoms with Gasteiger partial charge in [-0.15, -0.1) is 0 Å². The molecule has 1 aliphatic carbocycles. The van der Waals surface area contributed by atoms with Gasteiger partial charge in [0.2, 0.25) is 0 Å². The van der Waals surface area contributed by atoms with Crippen molar-refractivity contribution in [3.63, 3.8) is 0 Å². The zero-order chi connectivity index (χ0) is 14.1. The Morgan fingerprint density at radius 1 is 1.00 bits per heavy atom. The number of morpholine rings is 1. The van der Waals surface area contributed by atoms with Gasteiger partial charge in [0, 0.05) is 19.1 Å². The first-order chi connectivity index (χ1) is 8.83. The summed E-state index contributed by atoms with van der Waals surface area (Å²) in [5, 5.41) is 9.47. The van der Waals surface area contributed by atoms with Gasteiger partial charge in [0.05, 0.1) is 23.2 Å². The van der Waals surface area contributed by atoms with Crippen LogP contribution in [0.5, 0.6) is 0 Å². The summed E-state index contributed by atoms with van der Waals surface area (Å²) in [5.41, 5.74) is -0.234. The molecule has 1 aliphatic heterocycles. The fraction of sp³-hybridized carbons (Fsp3) is 0.938. The van der Waals surface area contributed by atoms with Crippen molar-refractivity contribution >= 4 is 0 Å². The standard InChI is InChI=1S/C16H28N2O/c1-15(2)11-18(12-16(3,4)19-15)14-9-7-5-6-8-13(14)10-17/h13-14H,5-9,11-12H2,1-4H3. The van der Waals surface area contributed by atoms with Gasteiger partial charge >= 0.3 is 0 Å². The number of ether oxygens (including phenoxy) is 1. The topological polar surface area (TPSA) is 36.3 Å².